The van der Waals surface area contributed by atoms with Crippen LogP contribution in [-0.4, -0.2) is 35.7 Å². The monoisotopic (exact) mass is 465 g/mol. The third kappa shape index (κ3) is 3.85. The lowest BCUT2D eigenvalue weighted by Gasteiger charge is -2.43. The lowest BCUT2D eigenvalue weighted by Crippen LogP contribution is -2.50. The largest absolute Gasteiger partial charge is 0.495 e. The molecule has 2 aliphatic rings. The zero-order valence-electron chi connectivity index (χ0n) is 19.6. The third-order valence-electron chi connectivity index (χ3n) is 7.29. The maximum absolute atomic E-state index is 13.2. The van der Waals surface area contributed by atoms with Crippen molar-refractivity contribution in [2.45, 2.75) is 18.9 Å². The number of carbonyl (C=O) groups is 1. The van der Waals surface area contributed by atoms with Crippen molar-refractivity contribution < 1.29 is 9.53 Å². The first kappa shape index (κ1) is 21.5. The highest BCUT2D eigenvalue weighted by Crippen LogP contribution is 2.40. The molecule has 3 heterocycles. The Bertz CT molecular complexity index is 1490. The topological polar surface area (TPSA) is 63.6 Å². The summed E-state index contributed by atoms with van der Waals surface area (Å²) in [6.45, 7) is 1.83. The number of anilines is 1. The molecule has 176 valence electrons. The lowest BCUT2D eigenvalue weighted by molar-refractivity contribution is 0.140. The van der Waals surface area contributed by atoms with Crippen molar-refractivity contribution in [3.05, 3.63) is 94.9 Å². The Morgan fingerprint density at radius 2 is 1.71 bits per heavy atom. The molecule has 2 aliphatic heterocycles. The minimum Gasteiger partial charge on any atom is -0.495 e. The fraction of sp³-hybridized carbons (Fsp3) is 0.241. The number of carbonyl (C=O) groups excluding carboxylic acids is 1. The summed E-state index contributed by atoms with van der Waals surface area (Å²) in [5.74, 6) is 0.976. The van der Waals surface area contributed by atoms with Crippen molar-refractivity contribution in [3.8, 4) is 16.9 Å². The summed E-state index contributed by atoms with van der Waals surface area (Å²) in [6.07, 6.45) is 0.975. The highest BCUT2D eigenvalue weighted by atomic mass is 16.5. The van der Waals surface area contributed by atoms with E-state index >= 15 is 0 Å². The summed E-state index contributed by atoms with van der Waals surface area (Å²) < 4.78 is 7.34. The molecule has 0 unspecified atom stereocenters. The number of para-hydroxylation sites is 2. The van der Waals surface area contributed by atoms with Crippen LogP contribution in [0.5, 0.6) is 5.75 Å². The Balaban J connectivity index is 1.34. The Morgan fingerprint density at radius 3 is 2.57 bits per heavy atom. The number of methoxy groups -OCH3 is 1. The van der Waals surface area contributed by atoms with Crippen LogP contribution in [0.1, 0.15) is 18.0 Å². The number of likely N-dealkylation sites (tertiary alicyclic amines) is 1. The summed E-state index contributed by atoms with van der Waals surface area (Å²) in [5.41, 5.74) is 3.90. The molecule has 6 heteroatoms. The zero-order valence-corrected chi connectivity index (χ0v) is 19.6. The maximum atomic E-state index is 13.2. The van der Waals surface area contributed by atoms with Gasteiger partial charge in [0.25, 0.3) is 5.56 Å². The van der Waals surface area contributed by atoms with E-state index < -0.39 is 0 Å². The number of fused-ring (bicyclic) bond motifs is 5. The lowest BCUT2D eigenvalue weighted by atomic mass is 9.80. The fourth-order valence-electron chi connectivity index (χ4n) is 5.72. The standard InChI is InChI=1S/C29H27N3O3/c1-35-26-9-5-4-8-25(26)30-29(34)31-16-19-14-23(18-31)28-24(12-13-27(33)32(28)17-19)22-11-10-20-6-2-3-7-21(20)15-22/h2-13,15,19,23H,14,16-18H2,1H3,(H,30,34)/t19-,23+/m0/s1. The van der Waals surface area contributed by atoms with E-state index in [1.165, 1.54) is 10.8 Å². The summed E-state index contributed by atoms with van der Waals surface area (Å²) >= 11 is 0. The Labute approximate surface area is 203 Å². The van der Waals surface area contributed by atoms with Gasteiger partial charge in [0.2, 0.25) is 0 Å². The van der Waals surface area contributed by atoms with Crippen LogP contribution in [0.4, 0.5) is 10.5 Å². The van der Waals surface area contributed by atoms with Gasteiger partial charge in [0.1, 0.15) is 5.75 Å². The maximum Gasteiger partial charge on any atom is 0.321 e. The van der Waals surface area contributed by atoms with Gasteiger partial charge in [-0.2, -0.15) is 0 Å². The molecule has 0 spiro atoms. The summed E-state index contributed by atoms with van der Waals surface area (Å²) in [5, 5.41) is 5.38. The van der Waals surface area contributed by atoms with Crippen LogP contribution in [0.2, 0.25) is 0 Å². The minimum absolute atomic E-state index is 0.0335. The number of aromatic nitrogens is 1. The summed E-state index contributed by atoms with van der Waals surface area (Å²) in [7, 11) is 1.60. The van der Waals surface area contributed by atoms with Crippen LogP contribution in [0, 0.1) is 5.92 Å². The smallest absolute Gasteiger partial charge is 0.321 e. The predicted octanol–water partition coefficient (Wildman–Crippen LogP) is 5.33. The van der Waals surface area contributed by atoms with E-state index in [0.717, 1.165) is 23.2 Å². The number of benzene rings is 3. The van der Waals surface area contributed by atoms with Gasteiger partial charge in [0.05, 0.1) is 12.8 Å². The average Bonchev–Trinajstić information content (AvgIpc) is 2.89. The zero-order chi connectivity index (χ0) is 23.9. The highest BCUT2D eigenvalue weighted by molar-refractivity contribution is 5.91. The van der Waals surface area contributed by atoms with Crippen LogP contribution in [0.25, 0.3) is 21.9 Å². The second kappa shape index (κ2) is 8.62. The van der Waals surface area contributed by atoms with Gasteiger partial charge in [-0.05, 0) is 52.9 Å². The Morgan fingerprint density at radius 1 is 0.914 bits per heavy atom. The van der Waals surface area contributed by atoms with Crippen LogP contribution >= 0.6 is 0 Å². The van der Waals surface area contributed by atoms with Gasteiger partial charge >= 0.3 is 6.03 Å². The molecular weight excluding hydrogens is 438 g/mol. The van der Waals surface area contributed by atoms with Gasteiger partial charge in [0.15, 0.2) is 0 Å². The number of nitrogens with zero attached hydrogens (tertiary/aromatic N) is 2. The number of urea groups is 1. The molecule has 4 aromatic rings. The van der Waals surface area contributed by atoms with E-state index in [9.17, 15) is 9.59 Å². The molecule has 35 heavy (non-hydrogen) atoms. The number of pyridine rings is 1. The molecule has 2 amide bonds. The normalized spacial score (nSPS) is 18.7. The number of piperidine rings is 1. The Hall–Kier alpha value is -4.06. The summed E-state index contributed by atoms with van der Waals surface area (Å²) in [6, 6.07) is 25.7. The van der Waals surface area contributed by atoms with Crippen LogP contribution in [0.3, 0.4) is 0 Å². The Kier molecular flexibility index (Phi) is 5.29. The van der Waals surface area contributed by atoms with Crippen molar-refractivity contribution in [3.63, 3.8) is 0 Å². The number of ether oxygens (including phenoxy) is 1. The van der Waals surface area contributed by atoms with E-state index in [0.29, 0.717) is 31.1 Å². The predicted molar refractivity (Wildman–Crippen MR) is 138 cm³/mol. The molecule has 1 fully saturated rings. The van der Waals surface area contributed by atoms with Crippen LogP contribution in [0.15, 0.2) is 83.7 Å². The third-order valence-corrected chi connectivity index (χ3v) is 7.29. The molecule has 2 atom stereocenters. The molecule has 1 saturated heterocycles. The van der Waals surface area contributed by atoms with Crippen molar-refractivity contribution in [1.29, 1.82) is 0 Å². The SMILES string of the molecule is COc1ccccc1NC(=O)N1C[C@@H]2C[C@H](C1)c1c(-c3ccc4ccccc4c3)ccc(=O)n1C2. The van der Waals surface area contributed by atoms with Crippen LogP contribution in [-0.2, 0) is 6.54 Å². The first-order chi connectivity index (χ1) is 17.1. The first-order valence-corrected chi connectivity index (χ1v) is 12.0. The van der Waals surface area contributed by atoms with Crippen molar-refractivity contribution in [2.24, 2.45) is 5.92 Å². The molecule has 0 radical (unpaired) electrons. The molecular formula is C29H27N3O3. The number of amides is 2. The van der Waals surface area contributed by atoms with E-state index in [1.54, 1.807) is 13.2 Å². The molecule has 1 N–H and O–H groups in total. The van der Waals surface area contributed by atoms with Gasteiger partial charge in [-0.15, -0.1) is 0 Å². The molecule has 0 saturated carbocycles. The summed E-state index contributed by atoms with van der Waals surface area (Å²) in [4.78, 5) is 28.0. The van der Waals surface area contributed by atoms with Crippen molar-refractivity contribution in [2.75, 3.05) is 25.5 Å². The second-order valence-electron chi connectivity index (χ2n) is 9.48. The number of hydrogen-bond acceptors (Lipinski definition) is 3. The van der Waals surface area contributed by atoms with Gasteiger partial charge in [0, 0.05) is 42.9 Å². The van der Waals surface area contributed by atoms with E-state index in [1.807, 2.05) is 51.9 Å². The molecule has 2 bridgehead atoms. The van der Waals surface area contributed by atoms with E-state index in [4.69, 9.17) is 4.74 Å². The first-order valence-electron chi connectivity index (χ1n) is 12.0. The van der Waals surface area contributed by atoms with Crippen molar-refractivity contribution >= 4 is 22.5 Å². The average molecular weight is 466 g/mol. The molecule has 6 nitrogen and oxygen atoms in total. The highest BCUT2D eigenvalue weighted by Gasteiger charge is 2.38. The molecule has 1 aromatic heterocycles. The number of nitrogens with one attached hydrogen (secondary N) is 1. The molecule has 3 aromatic carbocycles. The fourth-order valence-corrected chi connectivity index (χ4v) is 5.72. The van der Waals surface area contributed by atoms with Crippen molar-refractivity contribution in [1.82, 2.24) is 9.47 Å². The number of rotatable bonds is 3. The quantitative estimate of drug-likeness (QED) is 0.445. The number of hydrogen-bond donors (Lipinski definition) is 1. The van der Waals surface area contributed by atoms with E-state index in [2.05, 4.69) is 35.6 Å². The van der Waals surface area contributed by atoms with E-state index in [-0.39, 0.29) is 23.4 Å². The van der Waals surface area contributed by atoms with Crippen LogP contribution < -0.4 is 15.6 Å². The van der Waals surface area contributed by atoms with Gasteiger partial charge in [-0.3, -0.25) is 4.79 Å². The van der Waals surface area contributed by atoms with Gasteiger partial charge < -0.3 is 19.5 Å². The van der Waals surface area contributed by atoms with Gasteiger partial charge in [-0.1, -0.05) is 48.5 Å². The van der Waals surface area contributed by atoms with Gasteiger partial charge in [-0.25, -0.2) is 4.79 Å². The molecule has 0 aliphatic carbocycles. The molecule has 6 rings (SSSR count). The second-order valence-corrected chi connectivity index (χ2v) is 9.48. The minimum atomic E-state index is -0.136.